The number of hydrogen-bond donors (Lipinski definition) is 1. The van der Waals surface area contributed by atoms with Crippen molar-refractivity contribution in [3.63, 3.8) is 0 Å². The van der Waals surface area contributed by atoms with Gasteiger partial charge in [0.2, 0.25) is 6.04 Å². The molecule has 0 unspecified atom stereocenters. The molecule has 0 amide bonds. The van der Waals surface area contributed by atoms with Gasteiger partial charge in [0.05, 0.1) is 7.11 Å². The van der Waals surface area contributed by atoms with Crippen molar-refractivity contribution in [3.8, 4) is 5.75 Å². The Bertz CT molecular complexity index is 980. The predicted molar refractivity (Wildman–Crippen MR) is 122 cm³/mol. The number of ether oxygens (including phenoxy) is 1. The molecule has 0 aliphatic heterocycles. The van der Waals surface area contributed by atoms with E-state index in [1.807, 2.05) is 72.8 Å². The monoisotopic (exact) mass is 518 g/mol. The molecule has 0 heterocycles. The van der Waals surface area contributed by atoms with Crippen molar-refractivity contribution in [1.29, 1.82) is 0 Å². The first-order valence-corrected chi connectivity index (χ1v) is 10.6. The van der Waals surface area contributed by atoms with Crippen LogP contribution in [0.1, 0.15) is 17.2 Å². The molecule has 0 aromatic heterocycles. The summed E-state index contributed by atoms with van der Waals surface area (Å²) in [7, 11) is 1.60. The number of anilines is 1. The normalized spacial score (nSPS) is 12.8. The van der Waals surface area contributed by atoms with Crippen LogP contribution < -0.4 is 10.1 Å². The highest BCUT2D eigenvalue weighted by Crippen LogP contribution is 2.33. The molecule has 150 valence electrons. The molecule has 0 saturated heterocycles. The van der Waals surface area contributed by atoms with Crippen LogP contribution >= 0.6 is 31.9 Å². The van der Waals surface area contributed by atoms with Crippen molar-refractivity contribution in [2.75, 3.05) is 12.4 Å². The zero-order valence-electron chi connectivity index (χ0n) is 15.7. The maximum absolute atomic E-state index is 12.1. The summed E-state index contributed by atoms with van der Waals surface area (Å²) in [4.78, 5) is 11.9. The highest BCUT2D eigenvalue weighted by atomic mass is 79.9. The summed E-state index contributed by atoms with van der Waals surface area (Å²) in [6.07, 6.45) is 0.281. The fourth-order valence-electron chi connectivity index (χ4n) is 3.18. The maximum atomic E-state index is 12.1. The second-order valence-electron chi connectivity index (χ2n) is 6.52. The first-order valence-electron chi connectivity index (χ1n) is 9.01. The average Bonchev–Trinajstić information content (AvgIpc) is 2.72. The van der Waals surface area contributed by atoms with Crippen LogP contribution in [0.15, 0.2) is 81.7 Å². The quantitative estimate of drug-likeness (QED) is 0.281. The fourth-order valence-corrected chi connectivity index (χ4v) is 4.16. The minimum atomic E-state index is -0.880. The van der Waals surface area contributed by atoms with E-state index in [2.05, 4.69) is 37.2 Å². The Kier molecular flexibility index (Phi) is 7.28. The molecule has 5 nitrogen and oxygen atoms in total. The van der Waals surface area contributed by atoms with Gasteiger partial charge in [-0.3, -0.25) is 10.1 Å². The van der Waals surface area contributed by atoms with E-state index < -0.39 is 12.1 Å². The summed E-state index contributed by atoms with van der Waals surface area (Å²) in [5.74, 6) is 0.729. The summed E-state index contributed by atoms with van der Waals surface area (Å²) in [5.41, 5.74) is 2.50. The topological polar surface area (TPSA) is 64.4 Å². The minimum absolute atomic E-state index is 0.208. The first kappa shape index (κ1) is 21.3. The molecule has 0 spiro atoms. The van der Waals surface area contributed by atoms with Crippen molar-refractivity contribution >= 4 is 37.5 Å². The van der Waals surface area contributed by atoms with E-state index in [0.29, 0.717) is 0 Å². The summed E-state index contributed by atoms with van der Waals surface area (Å²) in [6, 6.07) is 21.1. The average molecular weight is 520 g/mol. The summed E-state index contributed by atoms with van der Waals surface area (Å²) < 4.78 is 6.89. The molecule has 2 atom stereocenters. The van der Waals surface area contributed by atoms with E-state index in [9.17, 15) is 10.1 Å². The number of rotatable bonds is 8. The lowest BCUT2D eigenvalue weighted by atomic mass is 9.94. The molecule has 0 saturated carbocycles. The molecule has 29 heavy (non-hydrogen) atoms. The van der Waals surface area contributed by atoms with Crippen molar-refractivity contribution in [2.24, 2.45) is 0 Å². The number of hydrogen-bond acceptors (Lipinski definition) is 4. The van der Waals surface area contributed by atoms with E-state index in [1.54, 1.807) is 7.11 Å². The molecule has 7 heteroatoms. The molecular weight excluding hydrogens is 500 g/mol. The Balaban J connectivity index is 2.00. The first-order chi connectivity index (χ1) is 14.0. The van der Waals surface area contributed by atoms with Gasteiger partial charge in [0.25, 0.3) is 0 Å². The zero-order valence-corrected chi connectivity index (χ0v) is 18.9. The standard InChI is InChI=1S/C22H20Br2N2O3/c1-29-17-12-10-16(11-13-17)25-22(18-7-3-5-9-20(18)24)21(26(27)28)14-15-6-2-4-8-19(15)23/h2-13,21-22,25H,14H2,1H3/t21-,22+/m0/s1. The molecule has 0 fully saturated rings. The van der Waals surface area contributed by atoms with Crippen molar-refractivity contribution in [1.82, 2.24) is 0 Å². The Morgan fingerprint density at radius 3 is 2.17 bits per heavy atom. The van der Waals surface area contributed by atoms with E-state index in [0.717, 1.165) is 31.5 Å². The number of benzene rings is 3. The summed E-state index contributed by atoms with van der Waals surface area (Å²) >= 11 is 7.07. The minimum Gasteiger partial charge on any atom is -0.497 e. The molecule has 3 aromatic carbocycles. The van der Waals surface area contributed by atoms with Crippen LogP contribution in [0.2, 0.25) is 0 Å². The SMILES string of the molecule is COc1ccc(N[C@H](c2ccccc2Br)[C@H](Cc2ccccc2Br)[N+](=O)[O-])cc1. The largest absolute Gasteiger partial charge is 0.497 e. The van der Waals surface area contributed by atoms with Gasteiger partial charge in [-0.15, -0.1) is 0 Å². The number of nitro groups is 1. The molecular formula is C22H20Br2N2O3. The second-order valence-corrected chi connectivity index (χ2v) is 8.23. The van der Waals surface area contributed by atoms with Gasteiger partial charge in [-0.25, -0.2) is 0 Å². The van der Waals surface area contributed by atoms with Crippen LogP contribution in [0.25, 0.3) is 0 Å². The number of nitrogens with zero attached hydrogens (tertiary/aromatic N) is 1. The number of halogens is 2. The third-order valence-corrected chi connectivity index (χ3v) is 6.19. The highest BCUT2D eigenvalue weighted by Gasteiger charge is 2.34. The van der Waals surface area contributed by atoms with Gasteiger partial charge in [-0.05, 0) is 47.5 Å². The number of nitrogens with one attached hydrogen (secondary N) is 1. The Labute approximate surface area is 186 Å². The fraction of sp³-hybridized carbons (Fsp3) is 0.182. The highest BCUT2D eigenvalue weighted by molar-refractivity contribution is 9.10. The molecule has 3 rings (SSSR count). The lowest BCUT2D eigenvalue weighted by molar-refractivity contribution is -0.525. The van der Waals surface area contributed by atoms with Gasteiger partial charge in [-0.1, -0.05) is 68.3 Å². The van der Waals surface area contributed by atoms with E-state index in [-0.39, 0.29) is 11.3 Å². The third kappa shape index (κ3) is 5.36. The van der Waals surface area contributed by atoms with Crippen LogP contribution in [-0.2, 0) is 6.42 Å². The van der Waals surface area contributed by atoms with Crippen LogP contribution in [0.3, 0.4) is 0 Å². The van der Waals surface area contributed by atoms with Gasteiger partial charge in [-0.2, -0.15) is 0 Å². The molecule has 3 aromatic rings. The van der Waals surface area contributed by atoms with Gasteiger partial charge in [0.1, 0.15) is 11.8 Å². The van der Waals surface area contributed by atoms with Crippen LogP contribution in [0, 0.1) is 10.1 Å². The maximum Gasteiger partial charge on any atom is 0.241 e. The van der Waals surface area contributed by atoms with Crippen LogP contribution in [0.5, 0.6) is 5.75 Å². The van der Waals surface area contributed by atoms with E-state index in [1.165, 1.54) is 0 Å². The molecule has 0 bridgehead atoms. The predicted octanol–water partition coefficient (Wildman–Crippen LogP) is 6.26. The Morgan fingerprint density at radius 2 is 1.59 bits per heavy atom. The Morgan fingerprint density at radius 1 is 0.966 bits per heavy atom. The lowest BCUT2D eigenvalue weighted by Crippen LogP contribution is -2.35. The van der Waals surface area contributed by atoms with Gasteiger partial charge < -0.3 is 10.1 Å². The second kappa shape index (κ2) is 9.89. The van der Waals surface area contributed by atoms with E-state index >= 15 is 0 Å². The number of methoxy groups -OCH3 is 1. The molecule has 0 aliphatic rings. The zero-order chi connectivity index (χ0) is 20.8. The lowest BCUT2D eigenvalue weighted by Gasteiger charge is -2.25. The summed E-state index contributed by atoms with van der Waals surface area (Å²) in [6.45, 7) is 0. The van der Waals surface area contributed by atoms with Gasteiger partial charge >= 0.3 is 0 Å². The van der Waals surface area contributed by atoms with Crippen molar-refractivity contribution < 1.29 is 9.66 Å². The van der Waals surface area contributed by atoms with Crippen molar-refractivity contribution in [2.45, 2.75) is 18.5 Å². The smallest absolute Gasteiger partial charge is 0.241 e. The van der Waals surface area contributed by atoms with E-state index in [4.69, 9.17) is 4.74 Å². The van der Waals surface area contributed by atoms with Crippen LogP contribution in [0.4, 0.5) is 5.69 Å². The summed E-state index contributed by atoms with van der Waals surface area (Å²) in [5, 5.41) is 15.5. The van der Waals surface area contributed by atoms with Crippen molar-refractivity contribution in [3.05, 3.63) is 103 Å². The molecule has 1 N–H and O–H groups in total. The van der Waals surface area contributed by atoms with Gasteiger partial charge in [0, 0.05) is 26.0 Å². The Hall–Kier alpha value is -2.38. The molecule has 0 radical (unpaired) electrons. The third-order valence-electron chi connectivity index (χ3n) is 4.69. The van der Waals surface area contributed by atoms with Gasteiger partial charge in [0.15, 0.2) is 0 Å². The molecule has 0 aliphatic carbocycles. The van der Waals surface area contributed by atoms with Crippen LogP contribution in [-0.4, -0.2) is 18.1 Å².